The number of alkyl halides is 1. The zero-order valence-corrected chi connectivity index (χ0v) is 47.1. The molecule has 13 nitrogen and oxygen atoms in total. The van der Waals surface area contributed by atoms with Gasteiger partial charge in [-0.3, -0.25) is 19.2 Å². The fourth-order valence-electron chi connectivity index (χ4n) is 16.1. The third-order valence-electron chi connectivity index (χ3n) is 21.3. The quantitative estimate of drug-likeness (QED) is 0.0575. The number of nitrogens with zero attached hydrogens (tertiary/aromatic N) is 4. The number of nitriles is 1. The van der Waals surface area contributed by atoms with E-state index < -0.39 is 52.5 Å². The first-order valence-electron chi connectivity index (χ1n) is 29.3. The van der Waals surface area contributed by atoms with Crippen LogP contribution < -0.4 is 16.1 Å². The molecule has 4 bridgehead atoms. The first-order chi connectivity index (χ1) is 36.8. The molecule has 5 aliphatic carbocycles. The van der Waals surface area contributed by atoms with Crippen molar-refractivity contribution in [3.8, 4) is 6.07 Å². The van der Waals surface area contributed by atoms with Gasteiger partial charge in [-0.2, -0.15) is 5.26 Å². The smallest absolute Gasteiger partial charge is 0.343 e. The highest BCUT2D eigenvalue weighted by molar-refractivity contribution is 8.00. The molecule has 1 aromatic carbocycles. The van der Waals surface area contributed by atoms with Crippen molar-refractivity contribution in [3.63, 3.8) is 0 Å². The van der Waals surface area contributed by atoms with Crippen LogP contribution in [0.2, 0.25) is 0 Å². The molecular formula is C61H83F2N5O8S. The van der Waals surface area contributed by atoms with Crippen molar-refractivity contribution in [2.24, 2.45) is 45.1 Å². The first kappa shape index (κ1) is 56.0. The number of benzene rings is 1. The Hall–Kier alpha value is -4.33. The van der Waals surface area contributed by atoms with Crippen molar-refractivity contribution < 1.29 is 42.2 Å². The van der Waals surface area contributed by atoms with Crippen molar-refractivity contribution in [1.82, 2.24) is 9.47 Å². The maximum Gasteiger partial charge on any atom is 0.343 e. The number of Topliss-reactive ketones (excluding diaryl/α,β-unsaturated/α-hetero) is 1. The molecule has 0 radical (unpaired) electrons. The number of carbonyl (C=O) groups is 4. The topological polar surface area (TPSA) is 174 Å². The van der Waals surface area contributed by atoms with Gasteiger partial charge < -0.3 is 34.3 Å². The molecular weight excluding hydrogens is 1000 g/mol. The van der Waals surface area contributed by atoms with Crippen LogP contribution in [0.5, 0.6) is 0 Å². The van der Waals surface area contributed by atoms with Gasteiger partial charge in [0.2, 0.25) is 5.43 Å². The number of ketones is 1. The number of nitrogens with two attached hydrogens (primary N) is 1. The summed E-state index contributed by atoms with van der Waals surface area (Å²) in [6, 6.07) is 3.48. The summed E-state index contributed by atoms with van der Waals surface area (Å²) in [4.78, 5) is 73.5. The van der Waals surface area contributed by atoms with Crippen LogP contribution in [0.4, 0.5) is 14.5 Å². The molecule has 8 fully saturated rings. The Morgan fingerprint density at radius 3 is 2.26 bits per heavy atom. The first-order valence-corrected chi connectivity index (χ1v) is 30.4. The van der Waals surface area contributed by atoms with E-state index in [0.29, 0.717) is 56.1 Å². The van der Waals surface area contributed by atoms with Gasteiger partial charge in [0.05, 0.1) is 35.0 Å². The van der Waals surface area contributed by atoms with Crippen LogP contribution in [0, 0.1) is 56.6 Å². The molecule has 16 heteroatoms. The fourth-order valence-corrected chi connectivity index (χ4v) is 17.2. The summed E-state index contributed by atoms with van der Waals surface area (Å²) in [7, 11) is 2.23. The molecule has 1 aromatic heterocycles. The van der Waals surface area contributed by atoms with Crippen molar-refractivity contribution >= 4 is 52.0 Å². The number of ether oxygens (including phenoxy) is 3. The number of hydrogen-bond donors (Lipinski definition) is 1. The van der Waals surface area contributed by atoms with E-state index in [-0.39, 0.29) is 105 Å². The van der Waals surface area contributed by atoms with Gasteiger partial charge in [-0.1, -0.05) is 72.3 Å². The lowest BCUT2D eigenvalue weighted by molar-refractivity contribution is -0.212. The summed E-state index contributed by atoms with van der Waals surface area (Å²) >= 11 is 1.73. The second-order valence-corrected chi connectivity index (χ2v) is 27.0. The Bertz CT molecular complexity index is 2730. The molecule has 77 heavy (non-hydrogen) atoms. The van der Waals surface area contributed by atoms with E-state index >= 15 is 4.39 Å². The number of pyridine rings is 1. The largest absolute Gasteiger partial charge is 0.462 e. The molecule has 420 valence electrons. The van der Waals surface area contributed by atoms with E-state index in [1.807, 2.05) is 6.08 Å². The fraction of sp³-hybridized carbons (Fsp3) is 0.738. The zero-order chi connectivity index (χ0) is 54.8. The van der Waals surface area contributed by atoms with Gasteiger partial charge >= 0.3 is 17.9 Å². The number of thioether (sulfide) groups is 1. The Kier molecular flexibility index (Phi) is 16.0. The molecule has 2 N–H and O–H groups in total. The summed E-state index contributed by atoms with van der Waals surface area (Å²) in [5, 5.41) is 10.6. The molecule has 1 spiro atoms. The van der Waals surface area contributed by atoms with Gasteiger partial charge in [0.25, 0.3) is 0 Å². The molecule has 5 saturated carbocycles. The molecule has 10 rings (SSSR count). The molecule has 4 heterocycles. The number of unbranched alkanes of at least 4 members (excludes halogenated alkanes) is 7. The summed E-state index contributed by atoms with van der Waals surface area (Å²) in [5.74, 6) is -1.79. The van der Waals surface area contributed by atoms with Gasteiger partial charge in [0.15, 0.2) is 0 Å². The number of hydrogen-bond acceptors (Lipinski definition) is 13. The summed E-state index contributed by atoms with van der Waals surface area (Å²) < 4.78 is 50.9. The molecule has 8 aliphatic rings. The number of rotatable bonds is 20. The second-order valence-electron chi connectivity index (χ2n) is 25.7. The third kappa shape index (κ3) is 10.3. The van der Waals surface area contributed by atoms with Crippen molar-refractivity contribution in [2.75, 3.05) is 37.4 Å². The number of carbonyl (C=O) groups excluding carboxylic acids is 4. The van der Waals surface area contributed by atoms with E-state index in [4.69, 9.17) is 19.9 Å². The standard InChI is InChI=1S/C61H83F2N5O8S/c1-7-58(4)30-49(75-51(71)34-77-40-26-38-17-18-39(27-40)66(38)6)59(5)36(2)19-21-61(22-20-47(69)55(59)61)37(3)56(58)76-50(70)16-14-12-10-8-9-11-13-15-25-74-57(73)43-32-68(46-29-44(46)62)52-41(54(43)72)28-45(63)53(42(52)31-64)67-33-48(65)60(35-67)23-24-60/h7,28,32,36-40,44,46,48-49,55-56H,1,8-27,29-30,33-35,65H2,2-6H3/t36?,37-,38?,39?,40?,44+,46?,48-,49+,55?,56+,58+,59-,61?/m1/s1. The maximum atomic E-state index is 16.0. The van der Waals surface area contributed by atoms with Gasteiger partial charge in [-0.05, 0) is 101 Å². The zero-order valence-electron chi connectivity index (χ0n) is 46.3. The minimum Gasteiger partial charge on any atom is -0.462 e. The lowest BCUT2D eigenvalue weighted by Gasteiger charge is -2.62. The number of anilines is 1. The minimum absolute atomic E-state index is 0.0578. The van der Waals surface area contributed by atoms with Gasteiger partial charge in [-0.25, -0.2) is 13.6 Å². The second kappa shape index (κ2) is 22.0. The van der Waals surface area contributed by atoms with Crippen LogP contribution in [0.3, 0.4) is 0 Å². The predicted octanol–water partition coefficient (Wildman–Crippen LogP) is 10.7. The average molecular weight is 1080 g/mol. The van der Waals surface area contributed by atoms with Crippen LogP contribution in [-0.2, 0) is 28.6 Å². The van der Waals surface area contributed by atoms with Crippen LogP contribution in [0.15, 0.2) is 29.7 Å². The van der Waals surface area contributed by atoms with Gasteiger partial charge in [0.1, 0.15) is 47.2 Å². The highest BCUT2D eigenvalue weighted by Crippen LogP contribution is 2.68. The monoisotopic (exact) mass is 1080 g/mol. The van der Waals surface area contributed by atoms with Crippen LogP contribution in [0.1, 0.15) is 184 Å². The van der Waals surface area contributed by atoms with Crippen LogP contribution in [-0.4, -0.2) is 107 Å². The van der Waals surface area contributed by atoms with E-state index in [1.165, 1.54) is 23.6 Å². The summed E-state index contributed by atoms with van der Waals surface area (Å²) in [6.45, 7) is 14.0. The third-order valence-corrected chi connectivity index (χ3v) is 22.6. The Morgan fingerprint density at radius 2 is 1.62 bits per heavy atom. The number of halogens is 2. The van der Waals surface area contributed by atoms with Crippen LogP contribution >= 0.6 is 11.8 Å². The number of aromatic nitrogens is 1. The lowest BCUT2D eigenvalue weighted by Crippen LogP contribution is -2.63. The molecule has 2 aromatic rings. The van der Waals surface area contributed by atoms with Crippen molar-refractivity contribution in [2.45, 2.75) is 210 Å². The molecule has 0 amide bonds. The van der Waals surface area contributed by atoms with Crippen LogP contribution in [0.25, 0.3) is 10.9 Å². The predicted molar refractivity (Wildman–Crippen MR) is 294 cm³/mol. The Balaban J connectivity index is 0.690. The summed E-state index contributed by atoms with van der Waals surface area (Å²) in [5.41, 5.74) is 3.72. The van der Waals surface area contributed by atoms with Gasteiger partial charge in [-0.15, -0.1) is 18.3 Å². The molecule has 13 atom stereocenters. The Morgan fingerprint density at radius 1 is 0.948 bits per heavy atom. The molecule has 3 saturated heterocycles. The normalized spacial score (nSPS) is 35.8. The summed E-state index contributed by atoms with van der Waals surface area (Å²) in [6.07, 6.45) is 17.9. The SMILES string of the molecule is C=C[C@@]1(C)C[C@H](OC(=O)CSC2CC3CCC(C2)N3C)[C@@]2(C)C(C)CCC3(CCC(=O)C32)[C@H](C)[C@@H]1OC(=O)CCCCCCCCCCOC(=O)c1cn(C2C[C@@H]2F)c2c(C#N)c(N3C[C@@H](N)C4(CC4)C3)c(F)cc2c1=O. The highest BCUT2D eigenvalue weighted by Gasteiger charge is 2.69. The number of esters is 3. The molecule has 6 unspecified atom stereocenters. The maximum absolute atomic E-state index is 16.0. The van der Waals surface area contributed by atoms with E-state index in [0.717, 1.165) is 89.5 Å². The number of piperidine rings is 1. The van der Waals surface area contributed by atoms with Crippen molar-refractivity contribution in [3.05, 3.63) is 52.1 Å². The minimum atomic E-state index is -1.23. The molecule has 3 aliphatic heterocycles. The van der Waals surface area contributed by atoms with Gasteiger partial charge in [0, 0.05) is 90.0 Å². The van der Waals surface area contributed by atoms with E-state index in [2.05, 4.69) is 52.3 Å². The van der Waals surface area contributed by atoms with Crippen molar-refractivity contribution in [1.29, 1.82) is 5.26 Å². The average Bonchev–Trinajstić information content (AvgIpc) is 4.39. The highest BCUT2D eigenvalue weighted by atomic mass is 32.2. The lowest BCUT2D eigenvalue weighted by atomic mass is 9.44. The van der Waals surface area contributed by atoms with E-state index in [9.17, 15) is 33.6 Å². The van der Waals surface area contributed by atoms with E-state index in [1.54, 1.807) is 16.7 Å². The Labute approximate surface area is 458 Å². The number of fused-ring (bicyclic) bond motifs is 3.